The highest BCUT2D eigenvalue weighted by Crippen LogP contribution is 2.25. The molecule has 1 rings (SSSR count). The normalized spacial score (nSPS) is 10.4. The van der Waals surface area contributed by atoms with Gasteiger partial charge in [-0.3, -0.25) is 0 Å². The van der Waals surface area contributed by atoms with Crippen LogP contribution in [0.5, 0.6) is 5.75 Å². The lowest BCUT2D eigenvalue weighted by molar-refractivity contribution is 0.466. The zero-order valence-corrected chi connectivity index (χ0v) is 8.72. The topological polar surface area (TPSA) is 20.2 Å². The smallest absolute Gasteiger partial charge is 0.119 e. The van der Waals surface area contributed by atoms with Crippen LogP contribution in [0.4, 0.5) is 0 Å². The Hall–Kier alpha value is -0.980. The molecular weight excluding hydrogens is 160 g/mol. The second kappa shape index (κ2) is 4.31. The van der Waals surface area contributed by atoms with Crippen LogP contribution in [0.2, 0.25) is 0 Å². The maximum atomic E-state index is 9.64. The number of hydrogen-bond donors (Lipinski definition) is 1. The van der Waals surface area contributed by atoms with Crippen molar-refractivity contribution in [3.05, 3.63) is 28.8 Å². The summed E-state index contributed by atoms with van der Waals surface area (Å²) >= 11 is 0. The lowest BCUT2D eigenvalue weighted by Gasteiger charge is -2.10. The molecule has 1 heteroatoms. The fourth-order valence-corrected chi connectivity index (χ4v) is 1.53. The highest BCUT2D eigenvalue weighted by molar-refractivity contribution is 5.43. The molecule has 1 N–H and O–H groups in total. The summed E-state index contributed by atoms with van der Waals surface area (Å²) in [6.45, 7) is 6.34. The lowest BCUT2D eigenvalue weighted by atomic mass is 9.98. The Morgan fingerprint density at radius 2 is 1.92 bits per heavy atom. The molecule has 0 aliphatic carbocycles. The quantitative estimate of drug-likeness (QED) is 0.752. The first kappa shape index (κ1) is 10.1. The summed E-state index contributed by atoms with van der Waals surface area (Å²) in [6, 6.07) is 3.77. The van der Waals surface area contributed by atoms with E-state index in [0.29, 0.717) is 5.75 Å². The van der Waals surface area contributed by atoms with Crippen LogP contribution in [0, 0.1) is 13.8 Å². The van der Waals surface area contributed by atoms with Crippen LogP contribution in [-0.4, -0.2) is 5.11 Å². The van der Waals surface area contributed by atoms with Gasteiger partial charge in [-0.1, -0.05) is 19.4 Å². The van der Waals surface area contributed by atoms with E-state index in [1.165, 1.54) is 17.5 Å². The van der Waals surface area contributed by atoms with Crippen LogP contribution >= 0.6 is 0 Å². The zero-order chi connectivity index (χ0) is 9.84. The van der Waals surface area contributed by atoms with Crippen LogP contribution < -0.4 is 0 Å². The first-order valence-corrected chi connectivity index (χ1v) is 4.94. The van der Waals surface area contributed by atoms with Crippen molar-refractivity contribution < 1.29 is 5.11 Å². The third-order valence-corrected chi connectivity index (χ3v) is 2.62. The van der Waals surface area contributed by atoms with Crippen molar-refractivity contribution in [1.82, 2.24) is 0 Å². The van der Waals surface area contributed by atoms with Gasteiger partial charge in [0.05, 0.1) is 0 Å². The number of phenols is 1. The van der Waals surface area contributed by atoms with E-state index in [1.54, 1.807) is 6.07 Å². The molecular formula is C12H18O. The Morgan fingerprint density at radius 3 is 2.54 bits per heavy atom. The second-order valence-electron chi connectivity index (χ2n) is 3.61. The van der Waals surface area contributed by atoms with Crippen LogP contribution in [0.15, 0.2) is 12.1 Å². The largest absolute Gasteiger partial charge is 0.508 e. The van der Waals surface area contributed by atoms with Gasteiger partial charge in [0.25, 0.3) is 0 Å². The maximum Gasteiger partial charge on any atom is 0.119 e. The first-order valence-electron chi connectivity index (χ1n) is 4.94. The monoisotopic (exact) mass is 178 g/mol. The predicted octanol–water partition coefficient (Wildman–Crippen LogP) is 3.35. The van der Waals surface area contributed by atoms with Gasteiger partial charge in [0.1, 0.15) is 5.75 Å². The second-order valence-corrected chi connectivity index (χ2v) is 3.61. The maximum absolute atomic E-state index is 9.64. The average molecular weight is 178 g/mol. The molecule has 0 saturated heterocycles. The van der Waals surface area contributed by atoms with Crippen molar-refractivity contribution in [3.63, 3.8) is 0 Å². The van der Waals surface area contributed by atoms with E-state index in [0.717, 1.165) is 18.4 Å². The van der Waals surface area contributed by atoms with Gasteiger partial charge in [0, 0.05) is 0 Å². The zero-order valence-electron chi connectivity index (χ0n) is 8.72. The minimum Gasteiger partial charge on any atom is -0.508 e. The van der Waals surface area contributed by atoms with Crippen molar-refractivity contribution in [1.29, 1.82) is 0 Å². The van der Waals surface area contributed by atoms with Crippen molar-refractivity contribution in [3.8, 4) is 5.75 Å². The summed E-state index contributed by atoms with van der Waals surface area (Å²) in [5.74, 6) is 0.455. The number of phenolic OH excluding ortho intramolecular Hbond substituents is 1. The van der Waals surface area contributed by atoms with Gasteiger partial charge in [0.2, 0.25) is 0 Å². The molecule has 0 fully saturated rings. The molecule has 13 heavy (non-hydrogen) atoms. The third-order valence-electron chi connectivity index (χ3n) is 2.62. The highest BCUT2D eigenvalue weighted by atomic mass is 16.3. The van der Waals surface area contributed by atoms with Gasteiger partial charge in [-0.25, -0.2) is 0 Å². The lowest BCUT2D eigenvalue weighted by Crippen LogP contribution is -1.93. The Balaban J connectivity index is 2.96. The fourth-order valence-electron chi connectivity index (χ4n) is 1.53. The van der Waals surface area contributed by atoms with Gasteiger partial charge >= 0.3 is 0 Å². The summed E-state index contributed by atoms with van der Waals surface area (Å²) in [4.78, 5) is 0. The van der Waals surface area contributed by atoms with Crippen molar-refractivity contribution in [2.45, 2.75) is 40.0 Å². The number of unbranched alkanes of at least 4 members (excludes halogenated alkanes) is 1. The van der Waals surface area contributed by atoms with Crippen LogP contribution in [0.1, 0.15) is 36.5 Å². The Morgan fingerprint density at radius 1 is 1.23 bits per heavy atom. The number of aryl methyl sites for hydroxylation is 1. The summed E-state index contributed by atoms with van der Waals surface area (Å²) in [6.07, 6.45) is 3.32. The minimum atomic E-state index is 0.455. The third kappa shape index (κ3) is 2.24. The molecule has 0 spiro atoms. The van der Waals surface area contributed by atoms with Gasteiger partial charge < -0.3 is 5.11 Å². The van der Waals surface area contributed by atoms with E-state index in [-0.39, 0.29) is 0 Å². The van der Waals surface area contributed by atoms with Gasteiger partial charge in [-0.05, 0) is 49.4 Å². The van der Waals surface area contributed by atoms with Crippen molar-refractivity contribution >= 4 is 0 Å². The molecule has 0 saturated carbocycles. The fraction of sp³-hybridized carbons (Fsp3) is 0.500. The SMILES string of the molecule is CCCCc1c(O)ccc(C)c1C. The molecule has 1 nitrogen and oxygen atoms in total. The summed E-state index contributed by atoms with van der Waals surface area (Å²) in [5, 5.41) is 9.64. The predicted molar refractivity (Wildman–Crippen MR) is 56.2 cm³/mol. The molecule has 0 amide bonds. The molecule has 0 heterocycles. The molecule has 0 aromatic heterocycles. The molecule has 1 aromatic carbocycles. The summed E-state index contributed by atoms with van der Waals surface area (Å²) in [5.41, 5.74) is 3.64. The molecule has 0 bridgehead atoms. The molecule has 1 aromatic rings. The number of rotatable bonds is 3. The Labute approximate surface area is 80.4 Å². The molecule has 0 aliphatic heterocycles. The van der Waals surface area contributed by atoms with Gasteiger partial charge in [-0.2, -0.15) is 0 Å². The molecule has 0 radical (unpaired) electrons. The first-order chi connectivity index (χ1) is 6.16. The standard InChI is InChI=1S/C12H18O/c1-4-5-6-11-10(3)9(2)7-8-12(11)13/h7-8,13H,4-6H2,1-3H3. The summed E-state index contributed by atoms with van der Waals surface area (Å²) < 4.78 is 0. The van der Waals surface area contributed by atoms with E-state index in [1.807, 2.05) is 6.07 Å². The van der Waals surface area contributed by atoms with Crippen LogP contribution in [-0.2, 0) is 6.42 Å². The minimum absolute atomic E-state index is 0.455. The van der Waals surface area contributed by atoms with Crippen molar-refractivity contribution in [2.75, 3.05) is 0 Å². The average Bonchev–Trinajstić information content (AvgIpc) is 2.12. The Kier molecular flexibility index (Phi) is 3.35. The van der Waals surface area contributed by atoms with Crippen molar-refractivity contribution in [2.24, 2.45) is 0 Å². The number of hydrogen-bond acceptors (Lipinski definition) is 1. The Bertz CT molecular complexity index is 289. The number of aromatic hydroxyl groups is 1. The van der Waals surface area contributed by atoms with Gasteiger partial charge in [0.15, 0.2) is 0 Å². The molecule has 0 unspecified atom stereocenters. The highest BCUT2D eigenvalue weighted by Gasteiger charge is 2.05. The summed E-state index contributed by atoms with van der Waals surface area (Å²) in [7, 11) is 0. The molecule has 72 valence electrons. The van der Waals surface area contributed by atoms with E-state index < -0.39 is 0 Å². The van der Waals surface area contributed by atoms with E-state index in [4.69, 9.17) is 0 Å². The van der Waals surface area contributed by atoms with E-state index >= 15 is 0 Å². The van der Waals surface area contributed by atoms with E-state index in [9.17, 15) is 5.11 Å². The number of benzene rings is 1. The van der Waals surface area contributed by atoms with Gasteiger partial charge in [-0.15, -0.1) is 0 Å². The molecule has 0 atom stereocenters. The van der Waals surface area contributed by atoms with E-state index in [2.05, 4.69) is 20.8 Å². The molecule has 0 aliphatic rings. The van der Waals surface area contributed by atoms with Crippen LogP contribution in [0.3, 0.4) is 0 Å². The van der Waals surface area contributed by atoms with Crippen LogP contribution in [0.25, 0.3) is 0 Å².